The number of likely N-dealkylation sites (tertiary alicyclic amines) is 1. The molecule has 1 fully saturated rings. The van der Waals surface area contributed by atoms with Gasteiger partial charge in [-0.05, 0) is 46.3 Å². The molecule has 0 unspecified atom stereocenters. The van der Waals surface area contributed by atoms with Gasteiger partial charge in [0.25, 0.3) is 0 Å². The molecule has 5 nitrogen and oxygen atoms in total. The molecule has 0 saturated carbocycles. The third kappa shape index (κ3) is 4.35. The van der Waals surface area contributed by atoms with Gasteiger partial charge >= 0.3 is 0 Å². The van der Waals surface area contributed by atoms with Crippen LogP contribution in [0.15, 0.2) is 6.07 Å². The van der Waals surface area contributed by atoms with Crippen LogP contribution < -0.4 is 10.6 Å². The van der Waals surface area contributed by atoms with Crippen molar-refractivity contribution in [2.75, 3.05) is 37.3 Å². The first-order valence-electron chi connectivity index (χ1n) is 7.22. The van der Waals surface area contributed by atoms with E-state index in [-0.39, 0.29) is 0 Å². The van der Waals surface area contributed by atoms with E-state index in [9.17, 15) is 0 Å². The van der Waals surface area contributed by atoms with Crippen LogP contribution in [0.2, 0.25) is 0 Å². The first-order valence-corrected chi connectivity index (χ1v) is 7.22. The van der Waals surface area contributed by atoms with Crippen LogP contribution in [0.1, 0.15) is 31.9 Å². The minimum absolute atomic E-state index is 0.532. The SMILES string of the molecule is CCCNc1nc(C)cc(NC2CCN(C)CC2)n1. The van der Waals surface area contributed by atoms with Crippen molar-refractivity contribution in [2.24, 2.45) is 0 Å². The van der Waals surface area contributed by atoms with Crippen LogP contribution in [0.5, 0.6) is 0 Å². The standard InChI is InChI=1S/C14H25N5/c1-4-7-15-14-16-11(2)10-13(18-14)17-12-5-8-19(3)9-6-12/h10,12H,4-9H2,1-3H3,(H2,15,16,17,18). The maximum atomic E-state index is 4.54. The summed E-state index contributed by atoms with van der Waals surface area (Å²) in [6.45, 7) is 7.38. The summed E-state index contributed by atoms with van der Waals surface area (Å²) in [7, 11) is 2.18. The Labute approximate surface area is 115 Å². The average Bonchev–Trinajstić information content (AvgIpc) is 2.38. The van der Waals surface area contributed by atoms with E-state index in [1.54, 1.807) is 0 Å². The zero-order valence-corrected chi connectivity index (χ0v) is 12.2. The molecule has 1 aromatic heterocycles. The second-order valence-electron chi connectivity index (χ2n) is 5.37. The monoisotopic (exact) mass is 263 g/mol. The molecular formula is C14H25N5. The summed E-state index contributed by atoms with van der Waals surface area (Å²) in [5.74, 6) is 1.68. The molecule has 0 bridgehead atoms. The predicted octanol–water partition coefficient (Wildman–Crippen LogP) is 2.11. The fourth-order valence-corrected chi connectivity index (χ4v) is 2.32. The van der Waals surface area contributed by atoms with E-state index in [0.717, 1.165) is 43.5 Å². The highest BCUT2D eigenvalue weighted by Gasteiger charge is 2.17. The summed E-state index contributed by atoms with van der Waals surface area (Å²) in [5.41, 5.74) is 1.00. The summed E-state index contributed by atoms with van der Waals surface area (Å²) >= 11 is 0. The van der Waals surface area contributed by atoms with E-state index < -0.39 is 0 Å². The van der Waals surface area contributed by atoms with Crippen molar-refractivity contribution in [1.29, 1.82) is 0 Å². The molecule has 2 N–H and O–H groups in total. The number of nitrogens with one attached hydrogen (secondary N) is 2. The Morgan fingerprint density at radius 3 is 2.74 bits per heavy atom. The third-order valence-corrected chi connectivity index (χ3v) is 3.46. The largest absolute Gasteiger partial charge is 0.367 e. The molecule has 1 aromatic rings. The Kier molecular flexibility index (Phi) is 4.96. The number of piperidine rings is 1. The fourth-order valence-electron chi connectivity index (χ4n) is 2.32. The summed E-state index contributed by atoms with van der Waals surface area (Å²) in [6, 6.07) is 2.56. The van der Waals surface area contributed by atoms with Crippen LogP contribution in [-0.4, -0.2) is 47.6 Å². The average molecular weight is 263 g/mol. The number of nitrogens with zero attached hydrogens (tertiary/aromatic N) is 3. The third-order valence-electron chi connectivity index (χ3n) is 3.46. The van der Waals surface area contributed by atoms with Crippen molar-refractivity contribution in [1.82, 2.24) is 14.9 Å². The lowest BCUT2D eigenvalue weighted by Crippen LogP contribution is -2.36. The van der Waals surface area contributed by atoms with Gasteiger partial charge in [0.1, 0.15) is 5.82 Å². The van der Waals surface area contributed by atoms with Gasteiger partial charge in [0.2, 0.25) is 5.95 Å². The number of aryl methyl sites for hydroxylation is 1. The molecule has 0 atom stereocenters. The number of aromatic nitrogens is 2. The number of rotatable bonds is 5. The van der Waals surface area contributed by atoms with Crippen molar-refractivity contribution in [3.8, 4) is 0 Å². The molecule has 1 aliphatic heterocycles. The maximum absolute atomic E-state index is 4.54. The molecule has 106 valence electrons. The van der Waals surface area contributed by atoms with Crippen molar-refractivity contribution < 1.29 is 0 Å². The minimum atomic E-state index is 0.532. The van der Waals surface area contributed by atoms with E-state index in [1.807, 2.05) is 13.0 Å². The van der Waals surface area contributed by atoms with Gasteiger partial charge in [-0.15, -0.1) is 0 Å². The summed E-state index contributed by atoms with van der Waals surface area (Å²) in [4.78, 5) is 11.3. The topological polar surface area (TPSA) is 53.1 Å². The molecule has 0 radical (unpaired) electrons. The van der Waals surface area contributed by atoms with Gasteiger partial charge in [-0.25, -0.2) is 4.98 Å². The summed E-state index contributed by atoms with van der Waals surface area (Å²) < 4.78 is 0. The highest BCUT2D eigenvalue weighted by molar-refractivity contribution is 5.42. The summed E-state index contributed by atoms with van der Waals surface area (Å²) in [5, 5.41) is 6.79. The Morgan fingerprint density at radius 2 is 2.05 bits per heavy atom. The van der Waals surface area contributed by atoms with Gasteiger partial charge in [-0.2, -0.15) is 4.98 Å². The number of hydrogen-bond acceptors (Lipinski definition) is 5. The molecule has 5 heteroatoms. The van der Waals surface area contributed by atoms with Gasteiger partial charge < -0.3 is 15.5 Å². The molecule has 0 aromatic carbocycles. The molecular weight excluding hydrogens is 238 g/mol. The molecule has 2 rings (SSSR count). The second-order valence-corrected chi connectivity index (χ2v) is 5.37. The van der Waals surface area contributed by atoms with Gasteiger partial charge in [0, 0.05) is 24.3 Å². The van der Waals surface area contributed by atoms with E-state index in [1.165, 1.54) is 12.8 Å². The second kappa shape index (κ2) is 6.70. The van der Waals surface area contributed by atoms with E-state index >= 15 is 0 Å². The highest BCUT2D eigenvalue weighted by Crippen LogP contribution is 2.16. The summed E-state index contributed by atoms with van der Waals surface area (Å²) in [6.07, 6.45) is 3.43. The van der Waals surface area contributed by atoms with Crippen molar-refractivity contribution in [3.63, 3.8) is 0 Å². The van der Waals surface area contributed by atoms with E-state index in [4.69, 9.17) is 0 Å². The lowest BCUT2D eigenvalue weighted by molar-refractivity contribution is 0.263. The highest BCUT2D eigenvalue weighted by atomic mass is 15.2. The first-order chi connectivity index (χ1) is 9.17. The molecule has 0 aliphatic carbocycles. The Balaban J connectivity index is 1.97. The van der Waals surface area contributed by atoms with Crippen LogP contribution in [-0.2, 0) is 0 Å². The van der Waals surface area contributed by atoms with Gasteiger partial charge in [0.05, 0.1) is 0 Å². The van der Waals surface area contributed by atoms with E-state index in [2.05, 4.69) is 39.5 Å². The number of hydrogen-bond donors (Lipinski definition) is 2. The van der Waals surface area contributed by atoms with Gasteiger partial charge in [-0.1, -0.05) is 6.92 Å². The van der Waals surface area contributed by atoms with Gasteiger partial charge in [0.15, 0.2) is 0 Å². The lowest BCUT2D eigenvalue weighted by Gasteiger charge is -2.29. The Bertz CT molecular complexity index is 399. The van der Waals surface area contributed by atoms with E-state index in [0.29, 0.717) is 6.04 Å². The molecule has 0 amide bonds. The zero-order valence-electron chi connectivity index (χ0n) is 12.2. The van der Waals surface area contributed by atoms with Gasteiger partial charge in [-0.3, -0.25) is 0 Å². The van der Waals surface area contributed by atoms with Crippen LogP contribution in [0, 0.1) is 6.92 Å². The lowest BCUT2D eigenvalue weighted by atomic mass is 10.1. The maximum Gasteiger partial charge on any atom is 0.224 e. The molecule has 2 heterocycles. The molecule has 19 heavy (non-hydrogen) atoms. The zero-order chi connectivity index (χ0) is 13.7. The quantitative estimate of drug-likeness (QED) is 0.852. The molecule has 0 spiro atoms. The van der Waals surface area contributed by atoms with Crippen molar-refractivity contribution in [2.45, 2.75) is 39.2 Å². The van der Waals surface area contributed by atoms with Crippen LogP contribution in [0.4, 0.5) is 11.8 Å². The normalized spacial score (nSPS) is 17.4. The van der Waals surface area contributed by atoms with Crippen LogP contribution in [0.3, 0.4) is 0 Å². The first kappa shape index (κ1) is 14.1. The fraction of sp³-hybridized carbons (Fsp3) is 0.714. The van der Waals surface area contributed by atoms with Crippen molar-refractivity contribution >= 4 is 11.8 Å². The Morgan fingerprint density at radius 1 is 1.32 bits per heavy atom. The smallest absolute Gasteiger partial charge is 0.224 e. The molecule has 1 aliphatic rings. The minimum Gasteiger partial charge on any atom is -0.367 e. The van der Waals surface area contributed by atoms with Crippen molar-refractivity contribution in [3.05, 3.63) is 11.8 Å². The van der Waals surface area contributed by atoms with Crippen LogP contribution in [0.25, 0.3) is 0 Å². The van der Waals surface area contributed by atoms with Crippen LogP contribution >= 0.6 is 0 Å². The predicted molar refractivity (Wildman–Crippen MR) is 79.7 cm³/mol. The Hall–Kier alpha value is -1.36. The molecule has 1 saturated heterocycles. The number of anilines is 2.